The lowest BCUT2D eigenvalue weighted by molar-refractivity contribution is -0.137. The van der Waals surface area contributed by atoms with Crippen molar-refractivity contribution in [1.82, 2.24) is 4.90 Å². The van der Waals surface area contributed by atoms with Crippen molar-refractivity contribution in [1.29, 1.82) is 0 Å². The van der Waals surface area contributed by atoms with Crippen molar-refractivity contribution in [2.45, 2.75) is 30.5 Å². The number of anilines is 2. The maximum absolute atomic E-state index is 14.3. The van der Waals surface area contributed by atoms with Crippen LogP contribution in [0, 0.1) is 11.7 Å². The third-order valence-electron chi connectivity index (χ3n) is 7.00. The number of hydrogen-bond donors (Lipinski definition) is 1. The Morgan fingerprint density at radius 1 is 0.929 bits per heavy atom. The van der Waals surface area contributed by atoms with Crippen LogP contribution in [0.1, 0.15) is 18.4 Å². The summed E-state index contributed by atoms with van der Waals surface area (Å²) in [5, 5.41) is 0. The standard InChI is InChI=1S/C28H25F6N3O4S/c29-21-12-19(13-22(16-21)41-27(30)31)18-6-7-25(36-8-10-37(11-9-36)26(38)17-4-5-17)24(14-18)35-42(39,40)23-3-1-2-20(15-23)28(32,33)34/h1-3,6-7,12-17,27,35H,4-5,8-11H2. The van der Waals surface area contributed by atoms with Crippen LogP contribution in [-0.2, 0) is 21.0 Å². The summed E-state index contributed by atoms with van der Waals surface area (Å²) >= 11 is 0. The first-order chi connectivity index (χ1) is 19.8. The van der Waals surface area contributed by atoms with Gasteiger partial charge in [-0.15, -0.1) is 0 Å². The smallest absolute Gasteiger partial charge is 0.416 e. The van der Waals surface area contributed by atoms with Crippen LogP contribution in [0.25, 0.3) is 11.1 Å². The molecule has 3 aromatic carbocycles. The minimum Gasteiger partial charge on any atom is -0.435 e. The number of benzene rings is 3. The van der Waals surface area contributed by atoms with Crippen molar-refractivity contribution in [2.75, 3.05) is 35.8 Å². The summed E-state index contributed by atoms with van der Waals surface area (Å²) < 4.78 is 113. The molecule has 1 aliphatic heterocycles. The quantitative estimate of drug-likeness (QED) is 0.317. The minimum atomic E-state index is -4.77. The van der Waals surface area contributed by atoms with Gasteiger partial charge in [0, 0.05) is 38.2 Å². The molecule has 1 saturated carbocycles. The maximum Gasteiger partial charge on any atom is 0.416 e. The Morgan fingerprint density at radius 2 is 1.64 bits per heavy atom. The first kappa shape index (κ1) is 29.5. The molecule has 42 heavy (non-hydrogen) atoms. The van der Waals surface area contributed by atoms with Gasteiger partial charge >= 0.3 is 12.8 Å². The second kappa shape index (κ2) is 11.4. The molecule has 1 N–H and O–H groups in total. The summed E-state index contributed by atoms with van der Waals surface area (Å²) in [4.78, 5) is 15.4. The highest BCUT2D eigenvalue weighted by molar-refractivity contribution is 7.92. The zero-order valence-electron chi connectivity index (χ0n) is 21.9. The van der Waals surface area contributed by atoms with E-state index in [1.54, 1.807) is 4.90 Å². The van der Waals surface area contributed by atoms with Crippen LogP contribution in [0.5, 0.6) is 5.75 Å². The number of piperazine rings is 1. The Morgan fingerprint density at radius 3 is 2.29 bits per heavy atom. The zero-order chi connectivity index (χ0) is 30.2. The number of ether oxygens (including phenoxy) is 1. The number of carbonyl (C=O) groups excluding carboxylic acids is 1. The molecule has 0 unspecified atom stereocenters. The minimum absolute atomic E-state index is 0.0347. The van der Waals surface area contributed by atoms with E-state index in [0.717, 1.165) is 49.2 Å². The number of carbonyl (C=O) groups is 1. The van der Waals surface area contributed by atoms with Gasteiger partial charge in [-0.05, 0) is 66.4 Å². The van der Waals surface area contributed by atoms with E-state index in [9.17, 15) is 39.6 Å². The predicted octanol–water partition coefficient (Wildman–Crippen LogP) is 5.97. The van der Waals surface area contributed by atoms with Crippen LogP contribution >= 0.6 is 0 Å². The summed E-state index contributed by atoms with van der Waals surface area (Å²) in [5.74, 6) is -1.22. The largest absolute Gasteiger partial charge is 0.435 e. The van der Waals surface area contributed by atoms with Crippen LogP contribution in [-0.4, -0.2) is 52.0 Å². The normalized spacial score (nSPS) is 16.1. The van der Waals surface area contributed by atoms with Crippen LogP contribution in [0.3, 0.4) is 0 Å². The lowest BCUT2D eigenvalue weighted by atomic mass is 10.0. The Balaban J connectivity index is 1.50. The van der Waals surface area contributed by atoms with E-state index in [1.807, 2.05) is 4.90 Å². The van der Waals surface area contributed by atoms with Gasteiger partial charge in [-0.3, -0.25) is 9.52 Å². The molecule has 224 valence electrons. The van der Waals surface area contributed by atoms with E-state index in [4.69, 9.17) is 0 Å². The SMILES string of the molecule is O=C(C1CC1)N1CCN(c2ccc(-c3cc(F)cc(OC(F)F)c3)cc2NS(=O)(=O)c2cccc(C(F)(F)F)c2)CC1. The van der Waals surface area contributed by atoms with Gasteiger partial charge in [0.1, 0.15) is 11.6 Å². The number of sulfonamides is 1. The number of alkyl halides is 5. The summed E-state index contributed by atoms with van der Waals surface area (Å²) in [7, 11) is -4.55. The maximum atomic E-state index is 14.3. The van der Waals surface area contributed by atoms with Crippen LogP contribution in [0.2, 0.25) is 0 Å². The molecule has 1 saturated heterocycles. The second-order valence-electron chi connectivity index (χ2n) is 10.0. The lowest BCUT2D eigenvalue weighted by Crippen LogP contribution is -2.49. The molecule has 7 nitrogen and oxygen atoms in total. The highest BCUT2D eigenvalue weighted by atomic mass is 32.2. The van der Waals surface area contributed by atoms with Gasteiger partial charge in [0.2, 0.25) is 5.91 Å². The fourth-order valence-corrected chi connectivity index (χ4v) is 5.88. The van der Waals surface area contributed by atoms with Crippen molar-refractivity contribution >= 4 is 27.3 Å². The second-order valence-corrected chi connectivity index (χ2v) is 11.7. The molecule has 2 aliphatic rings. The van der Waals surface area contributed by atoms with Gasteiger partial charge in [0.15, 0.2) is 0 Å². The lowest BCUT2D eigenvalue weighted by Gasteiger charge is -2.37. The fraction of sp³-hybridized carbons (Fsp3) is 0.321. The van der Waals surface area contributed by atoms with Gasteiger partial charge in [-0.2, -0.15) is 22.0 Å². The molecular formula is C28H25F6N3O4S. The van der Waals surface area contributed by atoms with Gasteiger partial charge < -0.3 is 14.5 Å². The number of halogens is 6. The summed E-state index contributed by atoms with van der Waals surface area (Å²) in [6.07, 6.45) is -3.07. The van der Waals surface area contributed by atoms with Gasteiger partial charge in [-0.1, -0.05) is 12.1 Å². The van der Waals surface area contributed by atoms with E-state index < -0.39 is 44.8 Å². The van der Waals surface area contributed by atoms with Gasteiger partial charge in [0.05, 0.1) is 21.8 Å². The first-order valence-electron chi connectivity index (χ1n) is 12.9. The van der Waals surface area contributed by atoms with Gasteiger partial charge in [-0.25, -0.2) is 12.8 Å². The molecule has 0 atom stereocenters. The molecule has 1 heterocycles. The fourth-order valence-electron chi connectivity index (χ4n) is 4.77. The molecule has 1 amide bonds. The third-order valence-corrected chi connectivity index (χ3v) is 8.36. The highest BCUT2D eigenvalue weighted by Gasteiger charge is 2.35. The molecular weight excluding hydrogens is 588 g/mol. The zero-order valence-corrected chi connectivity index (χ0v) is 22.7. The monoisotopic (exact) mass is 613 g/mol. The van der Waals surface area contributed by atoms with Crippen molar-refractivity contribution in [3.63, 3.8) is 0 Å². The topological polar surface area (TPSA) is 79.0 Å². The molecule has 1 aliphatic carbocycles. The van der Waals surface area contributed by atoms with Crippen LogP contribution < -0.4 is 14.4 Å². The average molecular weight is 614 g/mol. The summed E-state index contributed by atoms with van der Waals surface area (Å²) in [5.41, 5.74) is -0.499. The number of amides is 1. The Kier molecular flexibility index (Phi) is 8.01. The van der Waals surface area contributed by atoms with Crippen molar-refractivity contribution in [3.05, 3.63) is 72.0 Å². The van der Waals surface area contributed by atoms with E-state index >= 15 is 0 Å². The number of nitrogens with zero attached hydrogens (tertiary/aromatic N) is 2. The van der Waals surface area contributed by atoms with Gasteiger partial charge in [0.25, 0.3) is 10.0 Å². The highest BCUT2D eigenvalue weighted by Crippen LogP contribution is 2.37. The number of nitrogens with one attached hydrogen (secondary N) is 1. The number of hydrogen-bond acceptors (Lipinski definition) is 5. The molecule has 14 heteroatoms. The first-order valence-corrected chi connectivity index (χ1v) is 14.4. The molecule has 0 bridgehead atoms. The Labute approximate surface area is 237 Å². The van der Waals surface area contributed by atoms with Crippen molar-refractivity contribution < 1.29 is 44.3 Å². The van der Waals surface area contributed by atoms with Crippen LogP contribution in [0.15, 0.2) is 65.6 Å². The summed E-state index contributed by atoms with van der Waals surface area (Å²) in [6, 6.07) is 10.6. The molecule has 0 spiro atoms. The molecule has 2 fully saturated rings. The van der Waals surface area contributed by atoms with Crippen LogP contribution in [0.4, 0.5) is 37.7 Å². The van der Waals surface area contributed by atoms with Crippen molar-refractivity contribution in [3.8, 4) is 16.9 Å². The van der Waals surface area contributed by atoms with E-state index in [0.29, 0.717) is 37.9 Å². The average Bonchev–Trinajstić information content (AvgIpc) is 3.77. The molecule has 3 aromatic rings. The molecule has 0 aromatic heterocycles. The Bertz CT molecular complexity index is 1590. The van der Waals surface area contributed by atoms with E-state index in [2.05, 4.69) is 9.46 Å². The predicted molar refractivity (Wildman–Crippen MR) is 142 cm³/mol. The van der Waals surface area contributed by atoms with E-state index in [1.165, 1.54) is 18.2 Å². The summed E-state index contributed by atoms with van der Waals surface area (Å²) in [6.45, 7) is -1.74. The Hall–Kier alpha value is -3.94. The third kappa shape index (κ3) is 6.75. The van der Waals surface area contributed by atoms with E-state index in [-0.39, 0.29) is 28.6 Å². The molecule has 0 radical (unpaired) electrons. The van der Waals surface area contributed by atoms with Crippen molar-refractivity contribution in [2.24, 2.45) is 5.92 Å². The molecule has 5 rings (SSSR count). The number of rotatable bonds is 8.